The van der Waals surface area contributed by atoms with Crippen molar-refractivity contribution < 1.29 is 23.0 Å². The Labute approximate surface area is 135 Å². The van der Waals surface area contributed by atoms with Gasteiger partial charge in [0, 0.05) is 32.2 Å². The minimum absolute atomic E-state index is 0.0355. The molecule has 1 aliphatic heterocycles. The Bertz CT molecular complexity index is 507. The number of rotatable bonds is 6. The molecule has 0 spiro atoms. The van der Waals surface area contributed by atoms with Crippen molar-refractivity contribution in [1.82, 2.24) is 4.90 Å². The highest BCUT2D eigenvalue weighted by atomic mass is 19.4. The SMILES string of the molecule is COCC[C@]1(CO)CCCN(Cc2ccccc2C(F)(F)F)C1. The maximum atomic E-state index is 13.1. The Kier molecular flexibility index (Phi) is 6.06. The lowest BCUT2D eigenvalue weighted by Gasteiger charge is -2.42. The van der Waals surface area contributed by atoms with Crippen molar-refractivity contribution in [1.29, 1.82) is 0 Å². The van der Waals surface area contributed by atoms with Crippen molar-refractivity contribution >= 4 is 0 Å². The van der Waals surface area contributed by atoms with Gasteiger partial charge in [0.2, 0.25) is 0 Å². The molecule has 0 radical (unpaired) electrons. The summed E-state index contributed by atoms with van der Waals surface area (Å²) in [5, 5.41) is 9.77. The highest BCUT2D eigenvalue weighted by Crippen LogP contribution is 2.36. The Morgan fingerprint density at radius 3 is 2.70 bits per heavy atom. The van der Waals surface area contributed by atoms with E-state index in [4.69, 9.17) is 4.74 Å². The van der Waals surface area contributed by atoms with Crippen LogP contribution in [0.5, 0.6) is 0 Å². The van der Waals surface area contributed by atoms with Crippen molar-refractivity contribution in [3.63, 3.8) is 0 Å². The van der Waals surface area contributed by atoms with Crippen LogP contribution in [0.3, 0.4) is 0 Å². The number of aliphatic hydroxyl groups excluding tert-OH is 1. The first-order chi connectivity index (χ1) is 10.9. The molecule has 0 aliphatic carbocycles. The summed E-state index contributed by atoms with van der Waals surface area (Å²) in [6, 6.07) is 5.72. The van der Waals surface area contributed by atoms with E-state index in [9.17, 15) is 18.3 Å². The second-order valence-corrected chi connectivity index (χ2v) is 6.37. The van der Waals surface area contributed by atoms with Gasteiger partial charge in [-0.15, -0.1) is 0 Å². The number of ether oxygens (including phenoxy) is 1. The molecular weight excluding hydrogens is 307 g/mol. The fraction of sp³-hybridized carbons (Fsp3) is 0.647. The third-order valence-electron chi connectivity index (χ3n) is 4.63. The van der Waals surface area contributed by atoms with Gasteiger partial charge in [0.1, 0.15) is 0 Å². The van der Waals surface area contributed by atoms with Crippen LogP contribution in [-0.4, -0.2) is 43.4 Å². The third kappa shape index (κ3) is 4.68. The summed E-state index contributed by atoms with van der Waals surface area (Å²) >= 11 is 0. The Balaban J connectivity index is 2.11. The van der Waals surface area contributed by atoms with E-state index in [1.807, 2.05) is 4.90 Å². The average molecular weight is 331 g/mol. The van der Waals surface area contributed by atoms with E-state index < -0.39 is 11.7 Å². The van der Waals surface area contributed by atoms with Crippen molar-refractivity contribution in [2.24, 2.45) is 5.41 Å². The van der Waals surface area contributed by atoms with Crippen LogP contribution in [0.25, 0.3) is 0 Å². The van der Waals surface area contributed by atoms with Crippen LogP contribution in [0.4, 0.5) is 13.2 Å². The minimum Gasteiger partial charge on any atom is -0.396 e. The fourth-order valence-corrected chi connectivity index (χ4v) is 3.35. The van der Waals surface area contributed by atoms with E-state index in [0.29, 0.717) is 18.7 Å². The molecule has 1 aromatic carbocycles. The standard InChI is InChI=1S/C17H24F3NO2/c1-23-10-8-16(13-22)7-4-9-21(12-16)11-14-5-2-3-6-15(14)17(18,19)20/h2-3,5-6,22H,4,7-13H2,1H3/t16-/m1/s1. The van der Waals surface area contributed by atoms with Gasteiger partial charge >= 0.3 is 6.18 Å². The summed E-state index contributed by atoms with van der Waals surface area (Å²) in [6.07, 6.45) is -1.86. The number of likely N-dealkylation sites (tertiary alicyclic amines) is 1. The van der Waals surface area contributed by atoms with E-state index in [1.54, 1.807) is 13.2 Å². The van der Waals surface area contributed by atoms with Crippen LogP contribution in [0.1, 0.15) is 30.4 Å². The molecule has 0 aromatic heterocycles. The monoisotopic (exact) mass is 331 g/mol. The second kappa shape index (κ2) is 7.64. The first kappa shape index (κ1) is 18.2. The molecule has 1 atom stereocenters. The van der Waals surface area contributed by atoms with Gasteiger partial charge in [-0.05, 0) is 37.4 Å². The molecule has 23 heavy (non-hydrogen) atoms. The van der Waals surface area contributed by atoms with E-state index in [-0.39, 0.29) is 18.6 Å². The van der Waals surface area contributed by atoms with Gasteiger partial charge in [-0.25, -0.2) is 0 Å². The Morgan fingerprint density at radius 1 is 1.30 bits per heavy atom. The lowest BCUT2D eigenvalue weighted by atomic mass is 9.78. The van der Waals surface area contributed by atoms with Gasteiger partial charge in [-0.2, -0.15) is 13.2 Å². The predicted octanol–water partition coefficient (Wildman–Crippen LogP) is 3.32. The van der Waals surface area contributed by atoms with E-state index in [0.717, 1.165) is 31.9 Å². The number of aliphatic hydroxyl groups is 1. The fourth-order valence-electron chi connectivity index (χ4n) is 3.35. The number of halogens is 3. The van der Waals surface area contributed by atoms with Crippen LogP contribution in [0.15, 0.2) is 24.3 Å². The highest BCUT2D eigenvalue weighted by molar-refractivity contribution is 5.29. The van der Waals surface area contributed by atoms with Gasteiger partial charge in [0.25, 0.3) is 0 Å². The van der Waals surface area contributed by atoms with Crippen molar-refractivity contribution in [2.45, 2.75) is 32.0 Å². The molecule has 1 N–H and O–H groups in total. The van der Waals surface area contributed by atoms with Crippen LogP contribution in [0, 0.1) is 5.41 Å². The zero-order chi connectivity index (χ0) is 16.9. The first-order valence-corrected chi connectivity index (χ1v) is 7.87. The normalized spacial score (nSPS) is 23.2. The van der Waals surface area contributed by atoms with E-state index in [1.165, 1.54) is 12.1 Å². The van der Waals surface area contributed by atoms with Crippen LogP contribution >= 0.6 is 0 Å². The van der Waals surface area contributed by atoms with Crippen LogP contribution in [0.2, 0.25) is 0 Å². The molecule has 130 valence electrons. The quantitative estimate of drug-likeness (QED) is 0.868. The number of methoxy groups -OCH3 is 1. The molecule has 1 aromatic rings. The van der Waals surface area contributed by atoms with Gasteiger partial charge in [-0.3, -0.25) is 4.90 Å². The zero-order valence-corrected chi connectivity index (χ0v) is 13.4. The average Bonchev–Trinajstić information content (AvgIpc) is 2.53. The molecule has 1 heterocycles. The molecular formula is C17H24F3NO2. The summed E-state index contributed by atoms with van der Waals surface area (Å²) in [5.74, 6) is 0. The molecule has 0 amide bonds. The lowest BCUT2D eigenvalue weighted by Crippen LogP contribution is -2.45. The van der Waals surface area contributed by atoms with Gasteiger partial charge in [-0.1, -0.05) is 18.2 Å². The molecule has 1 fully saturated rings. The molecule has 1 saturated heterocycles. The van der Waals surface area contributed by atoms with Crippen LogP contribution < -0.4 is 0 Å². The van der Waals surface area contributed by atoms with Crippen molar-refractivity contribution in [3.8, 4) is 0 Å². The number of hydrogen-bond donors (Lipinski definition) is 1. The second-order valence-electron chi connectivity index (χ2n) is 6.37. The summed E-state index contributed by atoms with van der Waals surface area (Å²) in [7, 11) is 1.62. The molecule has 3 nitrogen and oxygen atoms in total. The topological polar surface area (TPSA) is 32.7 Å². The van der Waals surface area contributed by atoms with E-state index in [2.05, 4.69) is 0 Å². The molecule has 2 rings (SSSR count). The van der Waals surface area contributed by atoms with Crippen molar-refractivity contribution in [2.75, 3.05) is 33.4 Å². The summed E-state index contributed by atoms with van der Waals surface area (Å²) in [4.78, 5) is 2.01. The Hall–Kier alpha value is -1.11. The lowest BCUT2D eigenvalue weighted by molar-refractivity contribution is -0.138. The number of hydrogen-bond acceptors (Lipinski definition) is 3. The third-order valence-corrected chi connectivity index (χ3v) is 4.63. The predicted molar refractivity (Wildman–Crippen MR) is 82.0 cm³/mol. The van der Waals surface area contributed by atoms with Gasteiger partial charge in [0.05, 0.1) is 12.2 Å². The first-order valence-electron chi connectivity index (χ1n) is 7.87. The number of alkyl halides is 3. The van der Waals surface area contributed by atoms with Gasteiger partial charge in [0.15, 0.2) is 0 Å². The minimum atomic E-state index is -4.34. The number of piperidine rings is 1. The molecule has 6 heteroatoms. The highest BCUT2D eigenvalue weighted by Gasteiger charge is 2.37. The maximum absolute atomic E-state index is 13.1. The largest absolute Gasteiger partial charge is 0.416 e. The van der Waals surface area contributed by atoms with E-state index >= 15 is 0 Å². The molecule has 0 saturated carbocycles. The van der Waals surface area contributed by atoms with Gasteiger partial charge < -0.3 is 9.84 Å². The summed E-state index contributed by atoms with van der Waals surface area (Å²) in [6.45, 7) is 2.19. The van der Waals surface area contributed by atoms with Crippen LogP contribution in [-0.2, 0) is 17.5 Å². The number of benzene rings is 1. The zero-order valence-electron chi connectivity index (χ0n) is 13.4. The summed E-state index contributed by atoms with van der Waals surface area (Å²) < 4.78 is 44.4. The Morgan fingerprint density at radius 2 is 2.04 bits per heavy atom. The van der Waals surface area contributed by atoms with Crippen molar-refractivity contribution in [3.05, 3.63) is 35.4 Å². The molecule has 0 bridgehead atoms. The summed E-state index contributed by atoms with van der Waals surface area (Å²) in [5.41, 5.74) is -0.556. The molecule has 1 aliphatic rings. The number of nitrogens with zero attached hydrogens (tertiary/aromatic N) is 1. The molecule has 0 unspecified atom stereocenters. The smallest absolute Gasteiger partial charge is 0.396 e. The maximum Gasteiger partial charge on any atom is 0.416 e.